The molecule has 5 heteroatoms. The lowest BCUT2D eigenvalue weighted by atomic mass is 10.1. The first-order valence-corrected chi connectivity index (χ1v) is 9.20. The molecule has 2 aromatic rings. The van der Waals surface area contributed by atoms with Crippen molar-refractivity contribution in [3.8, 4) is 5.75 Å². The minimum atomic E-state index is 0.0488. The minimum absolute atomic E-state index is 0.0488. The van der Waals surface area contributed by atoms with Gasteiger partial charge in [0.25, 0.3) is 0 Å². The van der Waals surface area contributed by atoms with E-state index in [0.717, 1.165) is 17.9 Å². The maximum Gasteiger partial charge on any atom is 0.224 e. The maximum atomic E-state index is 12.1. The molecule has 0 radical (unpaired) electrons. The molecule has 0 aliphatic heterocycles. The van der Waals surface area contributed by atoms with Crippen LogP contribution in [-0.4, -0.2) is 29.3 Å². The van der Waals surface area contributed by atoms with Crippen LogP contribution in [0.1, 0.15) is 54.5 Å². The van der Waals surface area contributed by atoms with Crippen molar-refractivity contribution in [3.05, 3.63) is 47.3 Å². The number of hydrogen-bond donors (Lipinski definition) is 1. The molecule has 0 unspecified atom stereocenters. The second-order valence-electron chi connectivity index (χ2n) is 7.14. The van der Waals surface area contributed by atoms with Gasteiger partial charge in [0, 0.05) is 24.1 Å². The highest BCUT2D eigenvalue weighted by Crippen LogP contribution is 2.44. The zero-order valence-electron chi connectivity index (χ0n) is 14.7. The molecule has 0 spiro atoms. The highest BCUT2D eigenvalue weighted by atomic mass is 16.5. The van der Waals surface area contributed by atoms with Crippen molar-refractivity contribution < 1.29 is 9.53 Å². The van der Waals surface area contributed by atoms with E-state index in [1.54, 1.807) is 7.11 Å². The summed E-state index contributed by atoms with van der Waals surface area (Å²) in [7, 11) is 1.64. The second-order valence-corrected chi connectivity index (χ2v) is 7.14. The van der Waals surface area contributed by atoms with Crippen molar-refractivity contribution in [2.75, 3.05) is 13.7 Å². The van der Waals surface area contributed by atoms with E-state index in [1.165, 1.54) is 37.1 Å². The Labute approximate surface area is 148 Å². The van der Waals surface area contributed by atoms with Gasteiger partial charge < -0.3 is 10.1 Å². The van der Waals surface area contributed by atoms with Gasteiger partial charge in [0.1, 0.15) is 5.75 Å². The third-order valence-electron chi connectivity index (χ3n) is 4.99. The van der Waals surface area contributed by atoms with Crippen molar-refractivity contribution in [1.82, 2.24) is 15.1 Å². The highest BCUT2D eigenvalue weighted by Gasteiger charge is 2.32. The number of rotatable bonds is 8. The van der Waals surface area contributed by atoms with Crippen molar-refractivity contribution in [1.29, 1.82) is 0 Å². The van der Waals surface area contributed by atoms with Gasteiger partial charge in [0.2, 0.25) is 5.91 Å². The molecule has 25 heavy (non-hydrogen) atoms. The van der Waals surface area contributed by atoms with Crippen LogP contribution in [0.15, 0.2) is 30.3 Å². The number of aromatic nitrogens is 2. The summed E-state index contributed by atoms with van der Waals surface area (Å²) in [5.74, 6) is 2.23. The second kappa shape index (κ2) is 6.90. The van der Waals surface area contributed by atoms with Crippen molar-refractivity contribution in [2.45, 2.75) is 50.5 Å². The molecular weight excluding hydrogens is 314 g/mol. The summed E-state index contributed by atoms with van der Waals surface area (Å²) in [4.78, 5) is 12.1. The molecule has 1 aromatic carbocycles. The van der Waals surface area contributed by atoms with Crippen LogP contribution in [0.5, 0.6) is 5.75 Å². The molecule has 0 bridgehead atoms. The molecule has 0 atom stereocenters. The lowest BCUT2D eigenvalue weighted by Crippen LogP contribution is -2.29. The average Bonchev–Trinajstić information content (AvgIpc) is 3.54. The molecular formula is C20H25N3O2. The number of carbonyl (C=O) groups is 1. The topological polar surface area (TPSA) is 56.1 Å². The number of benzene rings is 1. The van der Waals surface area contributed by atoms with E-state index in [0.29, 0.717) is 24.8 Å². The number of ether oxygens (including phenoxy) is 1. The first-order valence-electron chi connectivity index (χ1n) is 9.20. The summed E-state index contributed by atoms with van der Waals surface area (Å²) in [6, 6.07) is 9.92. The predicted octanol–water partition coefficient (Wildman–Crippen LogP) is 3.01. The minimum Gasteiger partial charge on any atom is -0.497 e. The molecule has 2 saturated carbocycles. The zero-order valence-corrected chi connectivity index (χ0v) is 14.7. The molecule has 1 amide bonds. The van der Waals surface area contributed by atoms with Gasteiger partial charge in [-0.3, -0.25) is 9.48 Å². The molecule has 132 valence electrons. The van der Waals surface area contributed by atoms with Crippen molar-refractivity contribution in [3.63, 3.8) is 0 Å². The predicted molar refractivity (Wildman–Crippen MR) is 95.9 cm³/mol. The van der Waals surface area contributed by atoms with Gasteiger partial charge in [-0.15, -0.1) is 0 Å². The van der Waals surface area contributed by atoms with Crippen LogP contribution in [0, 0.1) is 0 Å². The van der Waals surface area contributed by atoms with Crippen LogP contribution < -0.4 is 10.1 Å². The number of nitrogens with one attached hydrogen (secondary N) is 1. The molecule has 0 saturated heterocycles. The van der Waals surface area contributed by atoms with E-state index in [-0.39, 0.29) is 5.91 Å². The van der Waals surface area contributed by atoms with Gasteiger partial charge in [-0.25, -0.2) is 0 Å². The molecule has 1 aromatic heterocycles. The van der Waals surface area contributed by atoms with Crippen molar-refractivity contribution >= 4 is 5.91 Å². The van der Waals surface area contributed by atoms with Gasteiger partial charge >= 0.3 is 0 Å². The zero-order chi connectivity index (χ0) is 17.2. The molecule has 1 N–H and O–H groups in total. The van der Waals surface area contributed by atoms with E-state index in [4.69, 9.17) is 9.84 Å². The maximum absolute atomic E-state index is 12.1. The Morgan fingerprint density at radius 1 is 1.20 bits per heavy atom. The third kappa shape index (κ3) is 4.03. The number of methoxy groups -OCH3 is 1. The van der Waals surface area contributed by atoms with Crippen LogP contribution in [0.2, 0.25) is 0 Å². The summed E-state index contributed by atoms with van der Waals surface area (Å²) >= 11 is 0. The Morgan fingerprint density at radius 2 is 1.92 bits per heavy atom. The van der Waals surface area contributed by atoms with Gasteiger partial charge in [0.05, 0.1) is 25.8 Å². The summed E-state index contributed by atoms with van der Waals surface area (Å²) < 4.78 is 7.26. The van der Waals surface area contributed by atoms with E-state index >= 15 is 0 Å². The molecule has 4 rings (SSSR count). The summed E-state index contributed by atoms with van der Waals surface area (Å²) in [5, 5.41) is 7.80. The standard InChI is InChI=1S/C20H25N3O2/c1-25-17-8-2-14(3-9-17)12-20(24)21-10-11-23-19(16-6-7-16)13-18(22-23)15-4-5-15/h2-3,8-9,13,15-16H,4-7,10-12H2,1H3,(H,21,24). The largest absolute Gasteiger partial charge is 0.497 e. The molecule has 2 aliphatic rings. The summed E-state index contributed by atoms with van der Waals surface area (Å²) in [6.45, 7) is 1.38. The lowest BCUT2D eigenvalue weighted by Gasteiger charge is -2.09. The molecule has 2 aliphatic carbocycles. The van der Waals surface area contributed by atoms with E-state index in [2.05, 4.69) is 16.1 Å². The van der Waals surface area contributed by atoms with E-state index in [1.807, 2.05) is 24.3 Å². The number of nitrogens with zero attached hydrogens (tertiary/aromatic N) is 2. The third-order valence-corrected chi connectivity index (χ3v) is 4.99. The molecule has 5 nitrogen and oxygen atoms in total. The number of hydrogen-bond acceptors (Lipinski definition) is 3. The SMILES string of the molecule is COc1ccc(CC(=O)NCCn2nc(C3CC3)cc2C2CC2)cc1. The Bertz CT molecular complexity index is 743. The van der Waals surface area contributed by atoms with Crippen molar-refractivity contribution in [2.24, 2.45) is 0 Å². The Morgan fingerprint density at radius 3 is 2.56 bits per heavy atom. The van der Waals surface area contributed by atoms with Crippen LogP contribution in [0.3, 0.4) is 0 Å². The first-order chi connectivity index (χ1) is 12.2. The van der Waals surface area contributed by atoms with Gasteiger partial charge in [-0.2, -0.15) is 5.10 Å². The normalized spacial score (nSPS) is 16.7. The van der Waals surface area contributed by atoms with Crippen LogP contribution in [0.25, 0.3) is 0 Å². The number of carbonyl (C=O) groups excluding carboxylic acids is 1. The molecule has 1 heterocycles. The highest BCUT2D eigenvalue weighted by molar-refractivity contribution is 5.78. The Hall–Kier alpha value is -2.30. The Kier molecular flexibility index (Phi) is 4.47. The van der Waals surface area contributed by atoms with Crippen LogP contribution in [0.4, 0.5) is 0 Å². The van der Waals surface area contributed by atoms with Gasteiger partial charge in [-0.05, 0) is 49.4 Å². The molecule has 2 fully saturated rings. The van der Waals surface area contributed by atoms with Gasteiger partial charge in [-0.1, -0.05) is 12.1 Å². The van der Waals surface area contributed by atoms with E-state index in [9.17, 15) is 4.79 Å². The van der Waals surface area contributed by atoms with Crippen LogP contribution in [-0.2, 0) is 17.8 Å². The lowest BCUT2D eigenvalue weighted by molar-refractivity contribution is -0.120. The summed E-state index contributed by atoms with van der Waals surface area (Å²) in [5.41, 5.74) is 3.62. The van der Waals surface area contributed by atoms with Crippen LogP contribution >= 0.6 is 0 Å². The average molecular weight is 339 g/mol. The van der Waals surface area contributed by atoms with E-state index < -0.39 is 0 Å². The quantitative estimate of drug-likeness (QED) is 0.804. The van der Waals surface area contributed by atoms with Gasteiger partial charge in [0.15, 0.2) is 0 Å². The first kappa shape index (κ1) is 16.2. The smallest absolute Gasteiger partial charge is 0.224 e. The fourth-order valence-corrected chi connectivity index (χ4v) is 3.21. The summed E-state index contributed by atoms with van der Waals surface area (Å²) in [6.07, 6.45) is 5.50. The fraction of sp³-hybridized carbons (Fsp3) is 0.500. The fourth-order valence-electron chi connectivity index (χ4n) is 3.21. The number of amides is 1. The monoisotopic (exact) mass is 339 g/mol. The Balaban J connectivity index is 1.29.